The Hall–Kier alpha value is -0.900. The molecule has 0 unspecified atom stereocenters. The zero-order valence-electron chi connectivity index (χ0n) is 8.79. The van der Waals surface area contributed by atoms with Gasteiger partial charge < -0.3 is 9.84 Å². The number of nitrogens with one attached hydrogen (secondary N) is 1. The second-order valence-corrected chi connectivity index (χ2v) is 4.29. The Morgan fingerprint density at radius 2 is 2.29 bits per heavy atom. The molecule has 0 radical (unpaired) electrons. The average molecular weight is 195 g/mol. The van der Waals surface area contributed by atoms with Crippen LogP contribution in [0.15, 0.2) is 4.52 Å². The van der Waals surface area contributed by atoms with Gasteiger partial charge in [0.25, 0.3) is 0 Å². The van der Waals surface area contributed by atoms with Gasteiger partial charge in [-0.15, -0.1) is 0 Å². The summed E-state index contributed by atoms with van der Waals surface area (Å²) in [6.07, 6.45) is 3.61. The maximum Gasteiger partial charge on any atom is 0.226 e. The molecule has 4 heteroatoms. The number of hydrogen-bond donors (Lipinski definition) is 1. The highest BCUT2D eigenvalue weighted by molar-refractivity contribution is 4.91. The van der Waals surface area contributed by atoms with Crippen molar-refractivity contribution >= 4 is 0 Å². The zero-order chi connectivity index (χ0) is 9.97. The summed E-state index contributed by atoms with van der Waals surface area (Å²) in [5.41, 5.74) is 0. The molecule has 0 spiro atoms. The Balaban J connectivity index is 1.82. The van der Waals surface area contributed by atoms with E-state index in [9.17, 15) is 0 Å². The average Bonchev–Trinajstić information content (AvgIpc) is 2.81. The Kier molecular flexibility index (Phi) is 2.82. The van der Waals surface area contributed by atoms with Crippen molar-refractivity contribution in [3.05, 3.63) is 11.7 Å². The Morgan fingerprint density at radius 3 is 2.93 bits per heavy atom. The number of nitrogens with zero attached hydrogens (tertiary/aromatic N) is 2. The maximum atomic E-state index is 5.15. The first-order chi connectivity index (χ1) is 6.74. The fourth-order valence-electron chi connectivity index (χ4n) is 1.31. The third kappa shape index (κ3) is 2.80. The number of rotatable bonds is 5. The van der Waals surface area contributed by atoms with Gasteiger partial charge in [0.05, 0.1) is 6.54 Å². The van der Waals surface area contributed by atoms with E-state index in [1.54, 1.807) is 0 Å². The van der Waals surface area contributed by atoms with Crippen molar-refractivity contribution in [2.45, 2.75) is 45.7 Å². The van der Waals surface area contributed by atoms with E-state index in [1.807, 2.05) is 0 Å². The minimum absolute atomic E-state index is 0.459. The summed E-state index contributed by atoms with van der Waals surface area (Å²) in [5.74, 6) is 2.38. The van der Waals surface area contributed by atoms with Crippen LogP contribution in [0.5, 0.6) is 0 Å². The molecule has 1 fully saturated rings. The standard InChI is InChI=1S/C10H17N3O/c1-7(2)11-6-9-12-10(14-13-9)5-8-3-4-8/h7-8,11H,3-6H2,1-2H3. The second kappa shape index (κ2) is 4.09. The SMILES string of the molecule is CC(C)NCc1noc(CC2CC2)n1. The third-order valence-corrected chi connectivity index (χ3v) is 2.34. The first-order valence-electron chi connectivity index (χ1n) is 5.29. The lowest BCUT2D eigenvalue weighted by atomic mass is 10.3. The van der Waals surface area contributed by atoms with Crippen molar-refractivity contribution in [3.63, 3.8) is 0 Å². The Morgan fingerprint density at radius 1 is 1.50 bits per heavy atom. The second-order valence-electron chi connectivity index (χ2n) is 4.29. The van der Waals surface area contributed by atoms with Crippen LogP contribution in [-0.2, 0) is 13.0 Å². The highest BCUT2D eigenvalue weighted by Gasteiger charge is 2.24. The van der Waals surface area contributed by atoms with Gasteiger partial charge in [0, 0.05) is 12.5 Å². The summed E-state index contributed by atoms with van der Waals surface area (Å²) in [4.78, 5) is 4.32. The lowest BCUT2D eigenvalue weighted by Crippen LogP contribution is -2.22. The highest BCUT2D eigenvalue weighted by Crippen LogP contribution is 2.31. The highest BCUT2D eigenvalue weighted by atomic mass is 16.5. The molecule has 4 nitrogen and oxygen atoms in total. The van der Waals surface area contributed by atoms with Crippen LogP contribution in [0.25, 0.3) is 0 Å². The Bertz CT molecular complexity index is 291. The van der Waals surface area contributed by atoms with Gasteiger partial charge in [0.2, 0.25) is 5.89 Å². The molecule has 0 aromatic carbocycles. The van der Waals surface area contributed by atoms with Gasteiger partial charge in [-0.1, -0.05) is 19.0 Å². The Labute approximate surface area is 84.1 Å². The van der Waals surface area contributed by atoms with Gasteiger partial charge in [-0.3, -0.25) is 0 Å². The van der Waals surface area contributed by atoms with E-state index in [4.69, 9.17) is 4.52 Å². The van der Waals surface area contributed by atoms with Gasteiger partial charge in [0.1, 0.15) is 0 Å². The van der Waals surface area contributed by atoms with Crippen molar-refractivity contribution < 1.29 is 4.52 Å². The largest absolute Gasteiger partial charge is 0.339 e. The van der Waals surface area contributed by atoms with Gasteiger partial charge in [0.15, 0.2) is 5.82 Å². The molecule has 1 aliphatic rings. The van der Waals surface area contributed by atoms with Crippen LogP contribution >= 0.6 is 0 Å². The third-order valence-electron chi connectivity index (χ3n) is 2.34. The normalized spacial score (nSPS) is 16.5. The van der Waals surface area contributed by atoms with Gasteiger partial charge >= 0.3 is 0 Å². The van der Waals surface area contributed by atoms with Crippen molar-refractivity contribution in [1.29, 1.82) is 0 Å². The predicted octanol–water partition coefficient (Wildman–Crippen LogP) is 1.52. The van der Waals surface area contributed by atoms with E-state index < -0.39 is 0 Å². The zero-order valence-corrected chi connectivity index (χ0v) is 8.79. The molecular weight excluding hydrogens is 178 g/mol. The summed E-state index contributed by atoms with van der Waals surface area (Å²) < 4.78 is 5.15. The van der Waals surface area contributed by atoms with Crippen LogP contribution in [0.3, 0.4) is 0 Å². The van der Waals surface area contributed by atoms with Gasteiger partial charge in [-0.25, -0.2) is 0 Å². The minimum Gasteiger partial charge on any atom is -0.339 e. The van der Waals surface area contributed by atoms with E-state index in [-0.39, 0.29) is 0 Å². The van der Waals surface area contributed by atoms with Crippen LogP contribution in [0, 0.1) is 5.92 Å². The maximum absolute atomic E-state index is 5.15. The molecule has 78 valence electrons. The number of aromatic nitrogens is 2. The van der Waals surface area contributed by atoms with Crippen molar-refractivity contribution in [2.24, 2.45) is 5.92 Å². The fraction of sp³-hybridized carbons (Fsp3) is 0.800. The molecule has 1 N–H and O–H groups in total. The first kappa shape index (κ1) is 9.65. The predicted molar refractivity (Wildman–Crippen MR) is 52.7 cm³/mol. The van der Waals surface area contributed by atoms with E-state index >= 15 is 0 Å². The summed E-state index contributed by atoms with van der Waals surface area (Å²) >= 11 is 0. The summed E-state index contributed by atoms with van der Waals surface area (Å²) in [5, 5.41) is 7.18. The molecule has 1 aliphatic carbocycles. The van der Waals surface area contributed by atoms with Crippen LogP contribution in [0.4, 0.5) is 0 Å². The van der Waals surface area contributed by atoms with Crippen molar-refractivity contribution in [3.8, 4) is 0 Å². The van der Waals surface area contributed by atoms with Crippen LogP contribution in [0.2, 0.25) is 0 Å². The lowest BCUT2D eigenvalue weighted by Gasteiger charge is -2.03. The van der Waals surface area contributed by atoms with Crippen LogP contribution in [0.1, 0.15) is 38.4 Å². The van der Waals surface area contributed by atoms with Gasteiger partial charge in [-0.05, 0) is 18.8 Å². The van der Waals surface area contributed by atoms with Crippen LogP contribution in [-0.4, -0.2) is 16.2 Å². The molecule has 14 heavy (non-hydrogen) atoms. The molecule has 0 bridgehead atoms. The molecule has 0 saturated heterocycles. The monoisotopic (exact) mass is 195 g/mol. The molecule has 2 rings (SSSR count). The van der Waals surface area contributed by atoms with E-state index in [0.29, 0.717) is 12.6 Å². The summed E-state index contributed by atoms with van der Waals surface area (Å²) in [7, 11) is 0. The van der Waals surface area contributed by atoms with Crippen molar-refractivity contribution in [2.75, 3.05) is 0 Å². The molecule has 1 aromatic rings. The summed E-state index contributed by atoms with van der Waals surface area (Å²) in [6.45, 7) is 4.90. The lowest BCUT2D eigenvalue weighted by molar-refractivity contribution is 0.366. The molecular formula is C10H17N3O. The quantitative estimate of drug-likeness (QED) is 0.774. The van der Waals surface area contributed by atoms with Crippen LogP contribution < -0.4 is 5.32 Å². The van der Waals surface area contributed by atoms with Crippen molar-refractivity contribution in [1.82, 2.24) is 15.5 Å². The molecule has 0 amide bonds. The van der Waals surface area contributed by atoms with E-state index in [1.165, 1.54) is 12.8 Å². The first-order valence-corrected chi connectivity index (χ1v) is 5.29. The topological polar surface area (TPSA) is 51.0 Å². The van der Waals surface area contributed by atoms with Gasteiger partial charge in [-0.2, -0.15) is 4.98 Å². The smallest absolute Gasteiger partial charge is 0.226 e. The molecule has 0 atom stereocenters. The number of hydrogen-bond acceptors (Lipinski definition) is 4. The molecule has 0 aliphatic heterocycles. The summed E-state index contributed by atoms with van der Waals surface area (Å²) in [6, 6.07) is 0.459. The fourth-order valence-corrected chi connectivity index (χ4v) is 1.31. The molecule has 1 heterocycles. The minimum atomic E-state index is 0.459. The van der Waals surface area contributed by atoms with E-state index in [0.717, 1.165) is 24.1 Å². The molecule has 1 saturated carbocycles. The molecule has 1 aromatic heterocycles. The van der Waals surface area contributed by atoms with E-state index in [2.05, 4.69) is 29.3 Å².